The lowest BCUT2D eigenvalue weighted by Gasteiger charge is -2.34. The number of amides is 2. The van der Waals surface area contributed by atoms with E-state index in [1.807, 2.05) is 5.32 Å². The van der Waals surface area contributed by atoms with Crippen molar-refractivity contribution < 1.29 is 49.4 Å². The summed E-state index contributed by atoms with van der Waals surface area (Å²) >= 11 is 0. The van der Waals surface area contributed by atoms with Gasteiger partial charge in [-0.2, -0.15) is 31.4 Å². The minimum absolute atomic E-state index is 0.0238. The van der Waals surface area contributed by atoms with Gasteiger partial charge in [0.15, 0.2) is 6.04 Å². The van der Waals surface area contributed by atoms with Crippen LogP contribution in [0.25, 0.3) is 16.9 Å². The number of nitrogens with one attached hydrogen (secondary N) is 1. The maximum absolute atomic E-state index is 14.4. The maximum atomic E-state index is 14.4. The second kappa shape index (κ2) is 12.7. The van der Waals surface area contributed by atoms with Gasteiger partial charge >= 0.3 is 18.4 Å². The Bertz CT molecular complexity index is 1330. The van der Waals surface area contributed by atoms with Gasteiger partial charge in [0.05, 0.1) is 44.5 Å². The first-order valence-corrected chi connectivity index (χ1v) is 12.0. The van der Waals surface area contributed by atoms with Crippen LogP contribution in [0.1, 0.15) is 37.9 Å². The second-order valence-electron chi connectivity index (χ2n) is 8.67. The number of halogens is 8. The van der Waals surface area contributed by atoms with E-state index >= 15 is 0 Å². The molecule has 0 saturated heterocycles. The Hall–Kier alpha value is -3.99. The average molecular weight is 599 g/mol. The van der Waals surface area contributed by atoms with Gasteiger partial charge in [-0.25, -0.2) is 28.1 Å². The molecule has 0 radical (unpaired) electrons. The minimum atomic E-state index is -5.33. The minimum Gasteiger partial charge on any atom is -0.494 e. The molecule has 41 heavy (non-hydrogen) atoms. The molecule has 3 heterocycles. The van der Waals surface area contributed by atoms with Crippen molar-refractivity contribution in [1.82, 2.24) is 34.8 Å². The summed E-state index contributed by atoms with van der Waals surface area (Å²) in [5, 5.41) is 5.97. The normalized spacial score (nSPS) is 13.8. The van der Waals surface area contributed by atoms with Gasteiger partial charge in [0.2, 0.25) is 5.65 Å². The van der Waals surface area contributed by atoms with Crippen molar-refractivity contribution in [3.8, 4) is 22.9 Å². The first kappa shape index (κ1) is 31.5. The summed E-state index contributed by atoms with van der Waals surface area (Å²) < 4.78 is 120. The van der Waals surface area contributed by atoms with Crippen LogP contribution in [0.3, 0.4) is 0 Å². The van der Waals surface area contributed by atoms with E-state index in [2.05, 4.69) is 20.1 Å². The molecule has 0 fully saturated rings. The van der Waals surface area contributed by atoms with E-state index in [9.17, 15) is 39.9 Å². The van der Waals surface area contributed by atoms with Crippen LogP contribution in [-0.4, -0.2) is 81.1 Å². The fourth-order valence-electron chi connectivity index (χ4n) is 3.97. The molecule has 3 aromatic rings. The van der Waals surface area contributed by atoms with Crippen molar-refractivity contribution in [3.63, 3.8) is 0 Å². The number of alkyl halides is 8. The summed E-state index contributed by atoms with van der Waals surface area (Å²) in [6.07, 6.45) is -12.1. The Morgan fingerprint density at radius 1 is 1.12 bits per heavy atom. The number of hydrogen-bond donors (Lipinski definition) is 1. The standard InChI is InChI=1S/C23H25F8N7O3/c1-4-12(5-6-22(26,27)28)35-21(39)37(10-17(24)25)18(23(29,30)31)14-7-13(16(40-2)8-32-14)15-9-38-19(33-11-34-38)20(36-15)41-3/h7-9,11-12,17-18H,4-6,10H2,1-3H3,(H,35,39). The van der Waals surface area contributed by atoms with Gasteiger partial charge in [0.1, 0.15) is 12.1 Å². The molecule has 2 amide bonds. The lowest BCUT2D eigenvalue weighted by molar-refractivity contribution is -0.182. The number of pyridine rings is 1. The largest absolute Gasteiger partial charge is 0.494 e. The molecule has 10 nitrogen and oxygen atoms in total. The molecule has 226 valence electrons. The summed E-state index contributed by atoms with van der Waals surface area (Å²) in [6, 6.07) is -5.03. The topological polar surface area (TPSA) is 107 Å². The Balaban J connectivity index is 2.09. The number of hydrogen-bond acceptors (Lipinski definition) is 7. The second-order valence-corrected chi connectivity index (χ2v) is 8.67. The fourth-order valence-corrected chi connectivity index (χ4v) is 3.97. The number of ether oxygens (including phenoxy) is 2. The number of methoxy groups -OCH3 is 2. The Morgan fingerprint density at radius 2 is 1.83 bits per heavy atom. The Morgan fingerprint density at radius 3 is 2.39 bits per heavy atom. The number of carbonyl (C=O) groups is 1. The zero-order valence-corrected chi connectivity index (χ0v) is 21.8. The van der Waals surface area contributed by atoms with Gasteiger partial charge in [-0.05, 0) is 18.9 Å². The third-order valence-electron chi connectivity index (χ3n) is 5.90. The molecule has 18 heteroatoms. The molecule has 2 unspecified atom stereocenters. The van der Waals surface area contributed by atoms with E-state index in [4.69, 9.17) is 9.47 Å². The summed E-state index contributed by atoms with van der Waals surface area (Å²) in [6.45, 7) is -0.295. The van der Waals surface area contributed by atoms with Crippen LogP contribution in [0.5, 0.6) is 11.6 Å². The highest BCUT2D eigenvalue weighted by molar-refractivity contribution is 5.75. The lowest BCUT2D eigenvalue weighted by Crippen LogP contribution is -2.51. The molecule has 0 aromatic carbocycles. The van der Waals surface area contributed by atoms with Crippen LogP contribution in [0.4, 0.5) is 39.9 Å². The number of urea groups is 1. The summed E-state index contributed by atoms with van der Waals surface area (Å²) in [7, 11) is 2.48. The van der Waals surface area contributed by atoms with Gasteiger partial charge in [-0.1, -0.05) is 6.92 Å². The van der Waals surface area contributed by atoms with Gasteiger partial charge in [-0.3, -0.25) is 4.98 Å². The van der Waals surface area contributed by atoms with Crippen LogP contribution >= 0.6 is 0 Å². The van der Waals surface area contributed by atoms with Crippen LogP contribution < -0.4 is 14.8 Å². The van der Waals surface area contributed by atoms with Crippen LogP contribution in [-0.2, 0) is 0 Å². The molecule has 2 atom stereocenters. The first-order chi connectivity index (χ1) is 19.2. The Kier molecular flexibility index (Phi) is 9.75. The number of aromatic nitrogens is 5. The predicted octanol–water partition coefficient (Wildman–Crippen LogP) is 5.20. The van der Waals surface area contributed by atoms with Gasteiger partial charge in [-0.15, -0.1) is 0 Å². The summed E-state index contributed by atoms with van der Waals surface area (Å²) in [5.74, 6) is -0.109. The third kappa shape index (κ3) is 7.81. The molecular weight excluding hydrogens is 574 g/mol. The number of nitrogens with zero attached hydrogens (tertiary/aromatic N) is 6. The summed E-state index contributed by atoms with van der Waals surface area (Å²) in [4.78, 5) is 24.6. The van der Waals surface area contributed by atoms with Crippen molar-refractivity contribution >= 4 is 11.7 Å². The van der Waals surface area contributed by atoms with Crippen molar-refractivity contribution in [1.29, 1.82) is 0 Å². The monoisotopic (exact) mass is 599 g/mol. The van der Waals surface area contributed by atoms with Gasteiger partial charge in [0.25, 0.3) is 12.3 Å². The molecular formula is C23H25F8N7O3. The van der Waals surface area contributed by atoms with Crippen LogP contribution in [0.2, 0.25) is 0 Å². The molecule has 0 spiro atoms. The van der Waals surface area contributed by atoms with Crippen LogP contribution in [0.15, 0.2) is 24.8 Å². The average Bonchev–Trinajstić information content (AvgIpc) is 3.37. The van der Waals surface area contributed by atoms with Crippen molar-refractivity contribution in [2.45, 2.75) is 57.0 Å². The number of rotatable bonds is 11. The molecule has 1 N–H and O–H groups in total. The number of fused-ring (bicyclic) bond motifs is 1. The van der Waals surface area contributed by atoms with E-state index in [1.54, 1.807) is 0 Å². The molecule has 3 rings (SSSR count). The first-order valence-electron chi connectivity index (χ1n) is 12.0. The lowest BCUT2D eigenvalue weighted by atomic mass is 10.1. The fraction of sp³-hybridized carbons (Fsp3) is 0.522. The maximum Gasteiger partial charge on any atom is 0.414 e. The van der Waals surface area contributed by atoms with E-state index in [-0.39, 0.29) is 39.9 Å². The Labute approximate surface area is 227 Å². The predicted molar refractivity (Wildman–Crippen MR) is 127 cm³/mol. The molecule has 0 saturated carbocycles. The SMILES string of the molecule is CCC(CCC(F)(F)F)NC(=O)N(CC(F)F)C(c1cc(-c2cn3ncnc3c(OC)n2)c(OC)cn1)C(F)(F)F. The smallest absolute Gasteiger partial charge is 0.414 e. The zero-order valence-electron chi connectivity index (χ0n) is 21.8. The third-order valence-corrected chi connectivity index (χ3v) is 5.90. The molecule has 0 aliphatic rings. The van der Waals surface area contributed by atoms with E-state index in [0.717, 1.165) is 12.3 Å². The van der Waals surface area contributed by atoms with Crippen molar-refractivity contribution in [2.75, 3.05) is 20.8 Å². The quantitative estimate of drug-likeness (QED) is 0.302. The highest BCUT2D eigenvalue weighted by Gasteiger charge is 2.49. The highest BCUT2D eigenvalue weighted by Crippen LogP contribution is 2.40. The molecule has 0 bridgehead atoms. The highest BCUT2D eigenvalue weighted by atomic mass is 19.4. The zero-order chi connectivity index (χ0) is 30.5. The van der Waals surface area contributed by atoms with Gasteiger partial charge < -0.3 is 19.7 Å². The molecule has 0 aliphatic heterocycles. The summed E-state index contributed by atoms with van der Waals surface area (Å²) in [5.41, 5.74) is -0.805. The van der Waals surface area contributed by atoms with Crippen molar-refractivity contribution in [2.24, 2.45) is 0 Å². The van der Waals surface area contributed by atoms with Crippen molar-refractivity contribution in [3.05, 3.63) is 30.5 Å². The molecule has 3 aromatic heterocycles. The van der Waals surface area contributed by atoms with Gasteiger partial charge in [0, 0.05) is 18.0 Å². The molecule has 0 aliphatic carbocycles. The van der Waals surface area contributed by atoms with Crippen LogP contribution in [0, 0.1) is 0 Å². The van der Waals surface area contributed by atoms with E-state index in [1.165, 1.54) is 38.2 Å². The number of carbonyl (C=O) groups excluding carboxylic acids is 1. The van der Waals surface area contributed by atoms with E-state index < -0.39 is 62.0 Å². The van der Waals surface area contributed by atoms with E-state index in [0.29, 0.717) is 0 Å².